The van der Waals surface area contributed by atoms with E-state index < -0.39 is 6.10 Å². The number of benzene rings is 2. The molecule has 1 aliphatic carbocycles. The average molecular weight is 426 g/mol. The van der Waals surface area contributed by atoms with Gasteiger partial charge in [0.2, 0.25) is 5.78 Å². The van der Waals surface area contributed by atoms with E-state index in [1.807, 2.05) is 24.3 Å². The molecule has 5 nitrogen and oxygen atoms in total. The lowest BCUT2D eigenvalue weighted by atomic mass is 9.83. The van der Waals surface area contributed by atoms with E-state index >= 15 is 0 Å². The molecule has 2 heterocycles. The summed E-state index contributed by atoms with van der Waals surface area (Å²) in [6.45, 7) is 4.57. The van der Waals surface area contributed by atoms with Gasteiger partial charge in [0.15, 0.2) is 6.10 Å². The molecule has 2 aromatic rings. The Balaban J connectivity index is 1.38. The van der Waals surface area contributed by atoms with Gasteiger partial charge in [0.1, 0.15) is 18.4 Å². The molecule has 0 bridgehead atoms. The number of halogens is 1. The molecule has 5 rings (SSSR count). The van der Waals surface area contributed by atoms with Gasteiger partial charge in [-0.05, 0) is 79.1 Å². The second kappa shape index (κ2) is 7.40. The summed E-state index contributed by atoms with van der Waals surface area (Å²) in [7, 11) is 0. The Bertz CT molecular complexity index is 1040. The molecule has 6 heteroatoms. The van der Waals surface area contributed by atoms with Crippen molar-refractivity contribution in [2.45, 2.75) is 57.9 Å². The van der Waals surface area contributed by atoms with Crippen molar-refractivity contribution in [2.24, 2.45) is 5.92 Å². The molecule has 0 aromatic heterocycles. The van der Waals surface area contributed by atoms with Crippen LogP contribution in [0.15, 0.2) is 30.3 Å². The van der Waals surface area contributed by atoms with Gasteiger partial charge < -0.3 is 14.8 Å². The van der Waals surface area contributed by atoms with Crippen molar-refractivity contribution in [2.75, 3.05) is 0 Å². The van der Waals surface area contributed by atoms with Gasteiger partial charge >= 0.3 is 5.97 Å². The van der Waals surface area contributed by atoms with Gasteiger partial charge in [-0.25, -0.2) is 0 Å². The van der Waals surface area contributed by atoms with Crippen molar-refractivity contribution in [3.8, 4) is 16.9 Å². The Hall–Kier alpha value is -2.37. The summed E-state index contributed by atoms with van der Waals surface area (Å²) in [4.78, 5) is 25.7. The monoisotopic (exact) mass is 425 g/mol. The minimum atomic E-state index is -0.716. The van der Waals surface area contributed by atoms with Crippen LogP contribution in [0.2, 0.25) is 5.02 Å². The van der Waals surface area contributed by atoms with Gasteiger partial charge in [0, 0.05) is 22.2 Å². The summed E-state index contributed by atoms with van der Waals surface area (Å²) < 4.78 is 11.5. The molecule has 1 fully saturated rings. The largest absolute Gasteiger partial charge is 0.488 e. The van der Waals surface area contributed by atoms with Crippen LogP contribution in [-0.2, 0) is 22.6 Å². The Morgan fingerprint density at radius 2 is 1.93 bits per heavy atom. The third kappa shape index (κ3) is 3.30. The van der Waals surface area contributed by atoms with Crippen molar-refractivity contribution in [3.63, 3.8) is 0 Å². The minimum Gasteiger partial charge on any atom is -0.488 e. The summed E-state index contributed by atoms with van der Waals surface area (Å²) in [5.74, 6) is 0.736. The predicted octanol–water partition coefficient (Wildman–Crippen LogP) is 4.33. The summed E-state index contributed by atoms with van der Waals surface area (Å²) in [6, 6.07) is 9.55. The summed E-state index contributed by atoms with van der Waals surface area (Å²) in [6.07, 6.45) is 1.23. The van der Waals surface area contributed by atoms with E-state index in [0.29, 0.717) is 36.0 Å². The molecule has 2 unspecified atom stereocenters. The summed E-state index contributed by atoms with van der Waals surface area (Å²) >= 11 is 6.09. The maximum Gasteiger partial charge on any atom is 0.323 e. The molecule has 3 aliphatic rings. The maximum atomic E-state index is 13.1. The second-order valence-electron chi connectivity index (χ2n) is 8.65. The molecule has 0 radical (unpaired) electrons. The fraction of sp³-hybridized carbons (Fsp3) is 0.417. The smallest absolute Gasteiger partial charge is 0.323 e. The van der Waals surface area contributed by atoms with Crippen LogP contribution < -0.4 is 10.1 Å². The molecule has 0 saturated carbocycles. The molecule has 4 atom stereocenters. The van der Waals surface area contributed by atoms with Crippen LogP contribution in [0.1, 0.15) is 48.2 Å². The zero-order valence-electron chi connectivity index (χ0n) is 17.0. The summed E-state index contributed by atoms with van der Waals surface area (Å²) in [5.41, 5.74) is 4.66. The molecule has 2 aromatic carbocycles. The third-order valence-electron chi connectivity index (χ3n) is 6.65. The number of carbonyl (C=O) groups is 2. The van der Waals surface area contributed by atoms with E-state index in [0.717, 1.165) is 34.4 Å². The number of hydrogen-bond donors (Lipinski definition) is 1. The Kier molecular flexibility index (Phi) is 4.83. The Morgan fingerprint density at radius 1 is 1.13 bits per heavy atom. The van der Waals surface area contributed by atoms with Gasteiger partial charge in [0.05, 0.1) is 0 Å². The molecule has 2 aliphatic heterocycles. The van der Waals surface area contributed by atoms with Crippen molar-refractivity contribution < 1.29 is 19.1 Å². The van der Waals surface area contributed by atoms with Gasteiger partial charge in [0.25, 0.3) is 0 Å². The van der Waals surface area contributed by atoms with Crippen LogP contribution in [-0.4, -0.2) is 29.9 Å². The first-order valence-electron chi connectivity index (χ1n) is 10.5. The van der Waals surface area contributed by atoms with Gasteiger partial charge in [-0.2, -0.15) is 0 Å². The molecule has 0 amide bonds. The Morgan fingerprint density at radius 3 is 2.70 bits per heavy atom. The van der Waals surface area contributed by atoms with E-state index in [1.165, 1.54) is 0 Å². The number of nitrogens with one attached hydrogen (secondary N) is 1. The second-order valence-corrected chi connectivity index (χ2v) is 9.08. The number of ketones is 1. The zero-order valence-corrected chi connectivity index (χ0v) is 17.8. The number of fused-ring (bicyclic) bond motifs is 4. The van der Waals surface area contributed by atoms with Crippen molar-refractivity contribution >= 4 is 23.4 Å². The molecule has 1 N–H and O–H groups in total. The maximum absolute atomic E-state index is 13.1. The Labute approximate surface area is 180 Å². The summed E-state index contributed by atoms with van der Waals surface area (Å²) in [5, 5.41) is 3.90. The molecule has 0 spiro atoms. The van der Waals surface area contributed by atoms with Gasteiger partial charge in [-0.1, -0.05) is 18.5 Å². The van der Waals surface area contributed by atoms with E-state index in [-0.39, 0.29) is 23.8 Å². The van der Waals surface area contributed by atoms with Crippen molar-refractivity contribution in [3.05, 3.63) is 52.0 Å². The number of esters is 1. The zero-order chi connectivity index (χ0) is 21.0. The standard InChI is InChI=1S/C24H24ClNO4/c1-12-7-20(26-13(12)2)24(28)30-21-6-3-14-8-18-15(9-19(14)23(21)27)11-29-22-10-16(25)4-5-17(18)22/h4-5,8-10,12-13,20-21,26H,3,6-7,11H2,1-2H3/t12-,13+,20?,21?/m1/s1. The lowest BCUT2D eigenvalue weighted by Gasteiger charge is -2.28. The first kappa shape index (κ1) is 19.6. The molecule has 156 valence electrons. The van der Waals surface area contributed by atoms with E-state index in [2.05, 4.69) is 25.2 Å². The highest BCUT2D eigenvalue weighted by Crippen LogP contribution is 2.41. The number of carbonyl (C=O) groups excluding carboxylic acids is 2. The topological polar surface area (TPSA) is 64.6 Å². The minimum absolute atomic E-state index is 0.117. The van der Waals surface area contributed by atoms with E-state index in [4.69, 9.17) is 21.1 Å². The third-order valence-corrected chi connectivity index (χ3v) is 6.88. The number of hydrogen-bond acceptors (Lipinski definition) is 5. The van der Waals surface area contributed by atoms with Crippen LogP contribution in [0.3, 0.4) is 0 Å². The highest BCUT2D eigenvalue weighted by Gasteiger charge is 2.37. The average Bonchev–Trinajstić information content (AvgIpc) is 3.07. The van der Waals surface area contributed by atoms with Crippen LogP contribution in [0.25, 0.3) is 11.1 Å². The highest BCUT2D eigenvalue weighted by molar-refractivity contribution is 6.30. The SMILES string of the molecule is C[C@@H]1CC(C(=O)OC2CCc3cc4c(cc3C2=O)COc2cc(Cl)ccc2-4)N[C@H]1C. The first-order chi connectivity index (χ1) is 14.4. The predicted molar refractivity (Wildman–Crippen MR) is 114 cm³/mol. The fourth-order valence-electron chi connectivity index (χ4n) is 4.71. The van der Waals surface area contributed by atoms with E-state index in [1.54, 1.807) is 0 Å². The normalized spacial score (nSPS) is 27.0. The van der Waals surface area contributed by atoms with Crippen LogP contribution in [0, 0.1) is 5.92 Å². The number of rotatable bonds is 2. The fourth-order valence-corrected chi connectivity index (χ4v) is 4.87. The lowest BCUT2D eigenvalue weighted by Crippen LogP contribution is -2.40. The van der Waals surface area contributed by atoms with Crippen molar-refractivity contribution in [1.82, 2.24) is 5.32 Å². The number of aryl methyl sites for hydroxylation is 1. The molecular weight excluding hydrogens is 402 g/mol. The van der Waals surface area contributed by atoms with Crippen LogP contribution in [0.5, 0.6) is 5.75 Å². The number of ether oxygens (including phenoxy) is 2. The lowest BCUT2D eigenvalue weighted by molar-refractivity contribution is -0.149. The van der Waals surface area contributed by atoms with Gasteiger partial charge in [-0.15, -0.1) is 0 Å². The first-order valence-corrected chi connectivity index (χ1v) is 10.9. The number of Topliss-reactive ketones (excluding diaryl/α,β-unsaturated/α-hetero) is 1. The van der Waals surface area contributed by atoms with Crippen molar-refractivity contribution in [1.29, 1.82) is 0 Å². The van der Waals surface area contributed by atoms with Gasteiger partial charge in [-0.3, -0.25) is 9.59 Å². The highest BCUT2D eigenvalue weighted by atomic mass is 35.5. The molecule has 30 heavy (non-hydrogen) atoms. The van der Waals surface area contributed by atoms with Crippen LogP contribution >= 0.6 is 11.6 Å². The van der Waals surface area contributed by atoms with E-state index in [9.17, 15) is 9.59 Å². The van der Waals surface area contributed by atoms with Crippen LogP contribution in [0.4, 0.5) is 0 Å². The molecular formula is C24H24ClNO4. The molecule has 1 saturated heterocycles. The quantitative estimate of drug-likeness (QED) is 0.725.